The molecule has 0 spiro atoms. The van der Waals surface area contributed by atoms with E-state index in [-0.39, 0.29) is 37.7 Å². The molecule has 0 aromatic rings. The van der Waals surface area contributed by atoms with Crippen molar-refractivity contribution in [2.45, 2.75) is 0 Å². The standard InChI is InChI=1S/C5H12O4.Ca.2H/c6-1-5(2-7,3-8)4-9;;;/h6-9H,1-4H2;;;. The molecule has 0 aliphatic heterocycles. The summed E-state index contributed by atoms with van der Waals surface area (Å²) in [6.45, 7) is -1.62. The molecule has 0 aromatic carbocycles. The third-order valence-electron chi connectivity index (χ3n) is 1.34. The van der Waals surface area contributed by atoms with Crippen molar-refractivity contribution in [2.75, 3.05) is 26.4 Å². The number of rotatable bonds is 4. The molecule has 0 saturated carbocycles. The van der Waals surface area contributed by atoms with Crippen molar-refractivity contribution in [3.05, 3.63) is 0 Å². The molecule has 60 valence electrons. The van der Waals surface area contributed by atoms with Crippen molar-refractivity contribution in [1.82, 2.24) is 0 Å². The SMILES string of the molecule is OCC(CO)(CO)CO.[CaH2]. The molecule has 0 rings (SSSR count). The van der Waals surface area contributed by atoms with E-state index in [0.29, 0.717) is 0 Å². The summed E-state index contributed by atoms with van der Waals surface area (Å²) in [5.74, 6) is 0. The van der Waals surface area contributed by atoms with Gasteiger partial charge in [-0.2, -0.15) is 0 Å². The first-order valence-corrected chi connectivity index (χ1v) is 2.68. The molecule has 4 N–H and O–H groups in total. The molecule has 0 saturated heterocycles. The van der Waals surface area contributed by atoms with E-state index in [9.17, 15) is 0 Å². The Bertz CT molecular complexity index is 56.5. The molecule has 0 heterocycles. The number of aliphatic hydroxyl groups excluding tert-OH is 4. The summed E-state index contributed by atoms with van der Waals surface area (Å²) in [5.41, 5.74) is -1.11. The van der Waals surface area contributed by atoms with Gasteiger partial charge in [-0.05, 0) is 0 Å². The Balaban J connectivity index is 0. The van der Waals surface area contributed by atoms with E-state index in [1.807, 2.05) is 0 Å². The van der Waals surface area contributed by atoms with Gasteiger partial charge < -0.3 is 20.4 Å². The van der Waals surface area contributed by atoms with E-state index < -0.39 is 31.8 Å². The summed E-state index contributed by atoms with van der Waals surface area (Å²) in [6.07, 6.45) is 0. The van der Waals surface area contributed by atoms with Crippen molar-refractivity contribution in [3.8, 4) is 0 Å². The van der Waals surface area contributed by atoms with Gasteiger partial charge in [0, 0.05) is 0 Å². The molecule has 0 bridgehead atoms. The van der Waals surface area contributed by atoms with Crippen molar-refractivity contribution < 1.29 is 20.4 Å². The molecule has 0 unspecified atom stereocenters. The number of aliphatic hydroxyl groups is 4. The van der Waals surface area contributed by atoms with Gasteiger partial charge in [0.25, 0.3) is 0 Å². The maximum atomic E-state index is 8.50. The molecule has 0 aliphatic carbocycles. The minimum absolute atomic E-state index is 0. The summed E-state index contributed by atoms with van der Waals surface area (Å²) in [5, 5.41) is 34.0. The molecule has 0 amide bonds. The minimum atomic E-state index is -1.11. The van der Waals surface area contributed by atoms with Crippen LogP contribution in [0.4, 0.5) is 0 Å². The Labute approximate surface area is 89.5 Å². The van der Waals surface area contributed by atoms with E-state index in [4.69, 9.17) is 20.4 Å². The summed E-state index contributed by atoms with van der Waals surface area (Å²) >= 11 is 0. The van der Waals surface area contributed by atoms with E-state index in [0.717, 1.165) is 0 Å². The van der Waals surface area contributed by atoms with Gasteiger partial charge in [0.2, 0.25) is 0 Å². The molecule has 0 fully saturated rings. The molecule has 0 aromatic heterocycles. The van der Waals surface area contributed by atoms with Gasteiger partial charge in [0.15, 0.2) is 0 Å². The van der Waals surface area contributed by atoms with Crippen LogP contribution in [0.2, 0.25) is 0 Å². The third kappa shape index (κ3) is 3.48. The molecular weight excluding hydrogens is 164 g/mol. The molecule has 0 atom stereocenters. The zero-order chi connectivity index (χ0) is 7.33. The molecule has 0 aliphatic rings. The Morgan fingerprint density at radius 3 is 0.900 bits per heavy atom. The van der Waals surface area contributed by atoms with Crippen LogP contribution in [-0.4, -0.2) is 84.6 Å². The number of hydrogen-bond acceptors (Lipinski definition) is 4. The summed E-state index contributed by atoms with van der Waals surface area (Å²) in [6, 6.07) is 0. The van der Waals surface area contributed by atoms with Gasteiger partial charge in [0.1, 0.15) is 0 Å². The predicted octanol–water partition coefficient (Wildman–Crippen LogP) is -2.97. The van der Waals surface area contributed by atoms with Crippen LogP contribution in [0.25, 0.3) is 0 Å². The van der Waals surface area contributed by atoms with Crippen molar-refractivity contribution in [1.29, 1.82) is 0 Å². The monoisotopic (exact) mass is 178 g/mol. The molecule has 5 heteroatoms. The second-order valence-corrected chi connectivity index (χ2v) is 2.13. The second-order valence-electron chi connectivity index (χ2n) is 2.13. The summed E-state index contributed by atoms with van der Waals surface area (Å²) in [4.78, 5) is 0. The zero-order valence-corrected chi connectivity index (χ0v) is 5.12. The van der Waals surface area contributed by atoms with Gasteiger partial charge in [-0.25, -0.2) is 0 Å². The van der Waals surface area contributed by atoms with Gasteiger partial charge in [-0.15, -0.1) is 0 Å². The van der Waals surface area contributed by atoms with Gasteiger partial charge in [-0.1, -0.05) is 0 Å². The van der Waals surface area contributed by atoms with E-state index in [2.05, 4.69) is 0 Å². The van der Waals surface area contributed by atoms with E-state index >= 15 is 0 Å². The van der Waals surface area contributed by atoms with E-state index in [1.54, 1.807) is 0 Å². The Kier molecular flexibility index (Phi) is 9.28. The van der Waals surface area contributed by atoms with E-state index in [1.165, 1.54) is 0 Å². The predicted molar refractivity (Wildman–Crippen MR) is 39.3 cm³/mol. The first kappa shape index (κ1) is 13.7. The van der Waals surface area contributed by atoms with Crippen molar-refractivity contribution in [3.63, 3.8) is 0 Å². The Hall–Kier alpha value is 1.10. The van der Waals surface area contributed by atoms with Crippen LogP contribution in [0, 0.1) is 5.41 Å². The van der Waals surface area contributed by atoms with Gasteiger partial charge >= 0.3 is 37.7 Å². The van der Waals surface area contributed by atoms with Gasteiger partial charge in [0.05, 0.1) is 31.8 Å². The fourth-order valence-corrected chi connectivity index (χ4v) is 0.300. The molecule has 10 heavy (non-hydrogen) atoms. The van der Waals surface area contributed by atoms with Gasteiger partial charge in [-0.3, -0.25) is 0 Å². The average molecular weight is 178 g/mol. The van der Waals surface area contributed by atoms with Crippen molar-refractivity contribution >= 4 is 37.7 Å². The van der Waals surface area contributed by atoms with Crippen LogP contribution in [0.5, 0.6) is 0 Å². The molecule has 0 radical (unpaired) electrons. The fourth-order valence-electron chi connectivity index (χ4n) is 0.300. The number of hydrogen-bond donors (Lipinski definition) is 4. The summed E-state index contributed by atoms with van der Waals surface area (Å²) < 4.78 is 0. The molecular formula is C5H14CaO4. The van der Waals surface area contributed by atoms with Crippen LogP contribution in [0.15, 0.2) is 0 Å². The van der Waals surface area contributed by atoms with Crippen LogP contribution < -0.4 is 0 Å². The Morgan fingerprint density at radius 2 is 0.900 bits per heavy atom. The second kappa shape index (κ2) is 6.79. The molecule has 4 nitrogen and oxygen atoms in total. The van der Waals surface area contributed by atoms with Crippen LogP contribution in [0.1, 0.15) is 0 Å². The van der Waals surface area contributed by atoms with Crippen LogP contribution in [-0.2, 0) is 0 Å². The summed E-state index contributed by atoms with van der Waals surface area (Å²) in [7, 11) is 0. The van der Waals surface area contributed by atoms with Crippen LogP contribution in [0.3, 0.4) is 0 Å². The van der Waals surface area contributed by atoms with Crippen molar-refractivity contribution in [2.24, 2.45) is 5.41 Å². The third-order valence-corrected chi connectivity index (χ3v) is 1.34. The average Bonchev–Trinajstić information content (AvgIpc) is 1.95. The zero-order valence-electron chi connectivity index (χ0n) is 5.12. The Morgan fingerprint density at radius 1 is 0.700 bits per heavy atom. The topological polar surface area (TPSA) is 80.9 Å². The van der Waals surface area contributed by atoms with Crippen LogP contribution >= 0.6 is 0 Å². The first-order valence-electron chi connectivity index (χ1n) is 2.68. The quantitative estimate of drug-likeness (QED) is 0.346. The maximum absolute atomic E-state index is 8.50. The first-order chi connectivity index (χ1) is 4.24. The normalized spacial score (nSPS) is 10.8. The fraction of sp³-hybridized carbons (Fsp3) is 1.00.